The molecule has 59 heavy (non-hydrogen) atoms. The van der Waals surface area contributed by atoms with Crippen molar-refractivity contribution in [3.05, 3.63) is 212 Å². The largest absolute Gasteiger partial charge is 0.309 e. The van der Waals surface area contributed by atoms with Gasteiger partial charge in [-0.1, -0.05) is 124 Å². The average Bonchev–Trinajstić information content (AvgIpc) is 3.95. The van der Waals surface area contributed by atoms with Crippen molar-refractivity contribution in [1.29, 1.82) is 0 Å². The molecule has 1 atom stereocenters. The number of hydrogen-bond acceptors (Lipinski definition) is 1. The Kier molecular flexibility index (Phi) is 8.69. The van der Waals surface area contributed by atoms with Gasteiger partial charge in [0.1, 0.15) is 0 Å². The van der Waals surface area contributed by atoms with Crippen LogP contribution in [-0.2, 0) is 0 Å². The molecular formula is C54H38N3PS. The molecule has 280 valence electrons. The maximum absolute atomic E-state index is 3.44. The topological polar surface area (TPSA) is 14.8 Å². The Morgan fingerprint density at radius 2 is 0.475 bits per heavy atom. The second-order valence-corrected chi connectivity index (χ2v) is 15.0. The normalized spacial score (nSPS) is 11.6. The van der Waals surface area contributed by atoms with Gasteiger partial charge >= 0.3 is 0 Å². The predicted molar refractivity (Wildman–Crippen MR) is 259 cm³/mol. The highest BCUT2D eigenvalue weighted by molar-refractivity contribution is 8.31. The first kappa shape index (κ1) is 35.3. The average molecular weight is 792 g/mol. The summed E-state index contributed by atoms with van der Waals surface area (Å²) in [6.45, 7) is 0. The quantitative estimate of drug-likeness (QED) is 0.132. The fraction of sp³-hybridized carbons (Fsp3) is 0. The molecule has 3 aromatic heterocycles. The first-order valence-electron chi connectivity index (χ1n) is 19.9. The van der Waals surface area contributed by atoms with E-state index in [1.807, 2.05) is 0 Å². The van der Waals surface area contributed by atoms with E-state index >= 15 is 0 Å². The summed E-state index contributed by atoms with van der Waals surface area (Å²) < 4.78 is 7.17. The minimum Gasteiger partial charge on any atom is -0.309 e. The molecular weight excluding hydrogens is 754 g/mol. The summed E-state index contributed by atoms with van der Waals surface area (Å²) in [6, 6.07) is 77.4. The van der Waals surface area contributed by atoms with Crippen molar-refractivity contribution in [2.45, 2.75) is 0 Å². The number of benzene rings is 9. The van der Waals surface area contributed by atoms with Gasteiger partial charge in [0.15, 0.2) is 0 Å². The standard InChI is InChI=1S/C54H35N3.H3PS/c1-4-14-40(15-5-1)55-49-22-12-10-20-43(49)45-32-36(24-28-51(45)55)38-26-30-53-47(34-38)48-35-39(27-31-54(48)57(53)42-18-8-3-9-19-42)37-25-29-52-46(33-37)44-21-11-13-23-50(44)56(52)41-16-6-2-7-17-41;1-2/h1-35H;2H,1H2. The highest BCUT2D eigenvalue weighted by Gasteiger charge is 2.18. The molecule has 0 radical (unpaired) electrons. The van der Waals surface area contributed by atoms with Crippen LogP contribution in [-0.4, -0.2) is 13.7 Å². The molecule has 5 heteroatoms. The second kappa shape index (κ2) is 14.5. The zero-order chi connectivity index (χ0) is 39.5. The maximum atomic E-state index is 3.44. The van der Waals surface area contributed by atoms with Crippen LogP contribution in [0.4, 0.5) is 0 Å². The lowest BCUT2D eigenvalue weighted by Gasteiger charge is -2.09. The van der Waals surface area contributed by atoms with Gasteiger partial charge in [0.25, 0.3) is 0 Å². The molecule has 0 N–H and O–H groups in total. The molecule has 0 aliphatic heterocycles. The van der Waals surface area contributed by atoms with Crippen molar-refractivity contribution in [3.63, 3.8) is 0 Å². The van der Waals surface area contributed by atoms with Gasteiger partial charge < -0.3 is 13.7 Å². The molecule has 0 bridgehead atoms. The van der Waals surface area contributed by atoms with Crippen molar-refractivity contribution in [1.82, 2.24) is 13.7 Å². The van der Waals surface area contributed by atoms with Crippen molar-refractivity contribution in [2.24, 2.45) is 0 Å². The Morgan fingerprint density at radius 1 is 0.237 bits per heavy atom. The summed E-state index contributed by atoms with van der Waals surface area (Å²) in [6.07, 6.45) is 0. The lowest BCUT2D eigenvalue weighted by Crippen LogP contribution is -1.93. The fourth-order valence-corrected chi connectivity index (χ4v) is 9.25. The summed E-state index contributed by atoms with van der Waals surface area (Å²) in [7, 11) is 2.11. The van der Waals surface area contributed by atoms with Gasteiger partial charge in [-0.15, -0.1) is 0 Å². The van der Waals surface area contributed by atoms with Crippen LogP contribution >= 0.6 is 20.7 Å². The van der Waals surface area contributed by atoms with Crippen LogP contribution < -0.4 is 0 Å². The molecule has 0 aliphatic carbocycles. The number of rotatable bonds is 5. The Hall–Kier alpha value is -6.84. The van der Waals surface area contributed by atoms with E-state index in [-0.39, 0.29) is 0 Å². The Bertz CT molecular complexity index is 3300. The van der Waals surface area contributed by atoms with Crippen LogP contribution in [0.1, 0.15) is 0 Å². The van der Waals surface area contributed by atoms with Crippen LogP contribution in [0.3, 0.4) is 0 Å². The van der Waals surface area contributed by atoms with Gasteiger partial charge in [0, 0.05) is 49.4 Å². The zero-order valence-electron chi connectivity index (χ0n) is 32.1. The molecule has 0 saturated carbocycles. The minimum atomic E-state index is 1.16. The van der Waals surface area contributed by atoms with E-state index < -0.39 is 0 Å². The molecule has 0 saturated heterocycles. The molecule has 0 aliphatic rings. The van der Waals surface area contributed by atoms with Crippen molar-refractivity contribution >= 4 is 86.1 Å². The summed E-state index contributed by atoms with van der Waals surface area (Å²) in [5.41, 5.74) is 15.6. The summed E-state index contributed by atoms with van der Waals surface area (Å²) >= 11 is 3.44. The van der Waals surface area contributed by atoms with Gasteiger partial charge in [-0.25, -0.2) is 0 Å². The van der Waals surface area contributed by atoms with Crippen molar-refractivity contribution in [2.75, 3.05) is 0 Å². The van der Waals surface area contributed by atoms with E-state index in [0.29, 0.717) is 0 Å². The zero-order valence-corrected chi connectivity index (χ0v) is 34.1. The highest BCUT2D eigenvalue weighted by Crippen LogP contribution is 2.41. The second-order valence-electron chi connectivity index (χ2n) is 15.0. The number of thiol groups is 1. The summed E-state index contributed by atoms with van der Waals surface area (Å²) in [5.74, 6) is 0. The van der Waals surface area contributed by atoms with Crippen LogP contribution in [0.25, 0.3) is 105 Å². The predicted octanol–water partition coefficient (Wildman–Crippen LogP) is 15.0. The fourth-order valence-electron chi connectivity index (χ4n) is 9.25. The van der Waals surface area contributed by atoms with E-state index in [2.05, 4.69) is 247 Å². The molecule has 12 aromatic rings. The van der Waals surface area contributed by atoms with Gasteiger partial charge in [-0.05, 0) is 119 Å². The van der Waals surface area contributed by atoms with Gasteiger partial charge in [0.2, 0.25) is 0 Å². The first-order valence-corrected chi connectivity index (χ1v) is 21.9. The third kappa shape index (κ3) is 5.71. The van der Waals surface area contributed by atoms with E-state index in [1.165, 1.54) is 99.0 Å². The lowest BCUT2D eigenvalue weighted by molar-refractivity contribution is 1.18. The number of para-hydroxylation sites is 5. The van der Waals surface area contributed by atoms with Gasteiger partial charge in [-0.2, -0.15) is 12.2 Å². The number of nitrogens with zero attached hydrogens (tertiary/aromatic N) is 3. The van der Waals surface area contributed by atoms with Crippen LogP contribution in [0, 0.1) is 0 Å². The highest BCUT2D eigenvalue weighted by atomic mass is 32.7. The molecule has 9 aromatic carbocycles. The Morgan fingerprint density at radius 3 is 0.780 bits per heavy atom. The molecule has 0 fully saturated rings. The van der Waals surface area contributed by atoms with Gasteiger partial charge in [0.05, 0.1) is 33.1 Å². The van der Waals surface area contributed by atoms with E-state index in [4.69, 9.17) is 0 Å². The molecule has 12 rings (SSSR count). The number of fused-ring (bicyclic) bond motifs is 9. The monoisotopic (exact) mass is 791 g/mol. The first-order chi connectivity index (χ1) is 29.3. The van der Waals surface area contributed by atoms with Crippen molar-refractivity contribution < 1.29 is 0 Å². The Labute approximate surface area is 349 Å². The van der Waals surface area contributed by atoms with Crippen LogP contribution in [0.15, 0.2) is 212 Å². The maximum Gasteiger partial charge on any atom is 0.0541 e. The van der Waals surface area contributed by atoms with E-state index in [0.717, 1.165) is 5.69 Å². The van der Waals surface area contributed by atoms with Crippen LogP contribution in [0.2, 0.25) is 0 Å². The third-order valence-corrected chi connectivity index (χ3v) is 11.8. The minimum absolute atomic E-state index is 1.16. The molecule has 3 nitrogen and oxygen atoms in total. The van der Waals surface area contributed by atoms with Crippen molar-refractivity contribution in [3.8, 4) is 39.3 Å². The summed E-state index contributed by atoms with van der Waals surface area (Å²) in [5, 5.41) is 7.50. The Balaban J connectivity index is 0.00000196. The lowest BCUT2D eigenvalue weighted by atomic mass is 9.98. The molecule has 3 heterocycles. The molecule has 0 amide bonds. The summed E-state index contributed by atoms with van der Waals surface area (Å²) in [4.78, 5) is 0. The third-order valence-electron chi connectivity index (χ3n) is 11.8. The van der Waals surface area contributed by atoms with E-state index in [1.54, 1.807) is 0 Å². The molecule has 0 spiro atoms. The van der Waals surface area contributed by atoms with E-state index in [9.17, 15) is 0 Å². The SMILES string of the molecule is PS.c1ccc(-n2c3ccccc3c3cc(-c4ccc5c(c4)c4cc(-c6ccc7c(c6)c6ccccc6n7-c6ccccc6)ccc4n5-c4ccccc4)ccc32)cc1. The smallest absolute Gasteiger partial charge is 0.0541 e. The number of aromatic nitrogens is 3. The molecule has 1 unspecified atom stereocenters. The van der Waals surface area contributed by atoms with Gasteiger partial charge in [-0.3, -0.25) is 0 Å². The number of hydrogen-bond donors (Lipinski definition) is 1. The van der Waals surface area contributed by atoms with Crippen LogP contribution in [0.5, 0.6) is 0 Å².